The maximum Gasteiger partial charge on any atom is 0.308 e. The van der Waals surface area contributed by atoms with Crippen molar-refractivity contribution in [3.05, 3.63) is 65.7 Å². The van der Waals surface area contributed by atoms with E-state index in [1.54, 1.807) is 6.92 Å². The van der Waals surface area contributed by atoms with Crippen LogP contribution in [0.2, 0.25) is 0 Å². The minimum absolute atomic E-state index is 0.194. The van der Waals surface area contributed by atoms with E-state index in [1.165, 1.54) is 49.7 Å². The maximum absolute atomic E-state index is 12.2. The Morgan fingerprint density at radius 3 is 2.21 bits per heavy atom. The lowest BCUT2D eigenvalue weighted by Crippen LogP contribution is -2.39. The molecule has 0 fully saturated rings. The Kier molecular flexibility index (Phi) is 12.8. The van der Waals surface area contributed by atoms with Crippen LogP contribution in [0.1, 0.15) is 82.8 Å². The van der Waals surface area contributed by atoms with Crippen molar-refractivity contribution in [3.8, 4) is 5.75 Å². The summed E-state index contributed by atoms with van der Waals surface area (Å²) in [6.07, 6.45) is 10.6. The van der Waals surface area contributed by atoms with E-state index >= 15 is 0 Å². The smallest absolute Gasteiger partial charge is 0.308 e. The van der Waals surface area contributed by atoms with E-state index in [4.69, 9.17) is 9.47 Å². The van der Waals surface area contributed by atoms with Gasteiger partial charge in [0.05, 0.1) is 20.6 Å². The molecule has 0 saturated carbocycles. The predicted molar refractivity (Wildman–Crippen MR) is 141 cm³/mol. The number of hydrogen-bond acceptors (Lipinski definition) is 3. The Bertz CT molecular complexity index is 802. The van der Waals surface area contributed by atoms with Crippen LogP contribution in [-0.2, 0) is 22.5 Å². The summed E-state index contributed by atoms with van der Waals surface area (Å²) < 4.78 is 12.2. The third-order valence-electron chi connectivity index (χ3n) is 6.19. The van der Waals surface area contributed by atoms with Gasteiger partial charge in [0.15, 0.2) is 0 Å². The van der Waals surface area contributed by atoms with E-state index in [9.17, 15) is 4.79 Å². The van der Waals surface area contributed by atoms with Crippen molar-refractivity contribution in [2.45, 2.75) is 90.9 Å². The molecule has 0 N–H and O–H groups in total. The number of nitrogens with zero attached hydrogens (tertiary/aromatic N) is 1. The molecule has 0 aliphatic carbocycles. The zero-order chi connectivity index (χ0) is 24.7. The quantitative estimate of drug-likeness (QED) is 0.106. The van der Waals surface area contributed by atoms with Gasteiger partial charge in [0, 0.05) is 18.9 Å². The van der Waals surface area contributed by atoms with Crippen LogP contribution in [-0.4, -0.2) is 37.4 Å². The number of unbranched alkanes of at least 4 members (excludes halogenated alkanes) is 6. The highest BCUT2D eigenvalue weighted by atomic mass is 16.7. The second-order valence-electron chi connectivity index (χ2n) is 10.1. The van der Waals surface area contributed by atoms with Crippen molar-refractivity contribution >= 4 is 5.97 Å². The van der Waals surface area contributed by atoms with Crippen molar-refractivity contribution in [2.24, 2.45) is 0 Å². The third-order valence-corrected chi connectivity index (χ3v) is 6.19. The van der Waals surface area contributed by atoms with Crippen LogP contribution in [0.25, 0.3) is 0 Å². The molecule has 34 heavy (non-hydrogen) atoms. The first-order valence-electron chi connectivity index (χ1n) is 13.2. The van der Waals surface area contributed by atoms with E-state index in [1.807, 2.05) is 18.2 Å². The molecule has 188 valence electrons. The molecule has 0 aromatic heterocycles. The average molecular weight is 469 g/mol. The van der Waals surface area contributed by atoms with Crippen molar-refractivity contribution in [2.75, 3.05) is 20.6 Å². The molecule has 0 spiro atoms. The Hall–Kier alpha value is -2.33. The van der Waals surface area contributed by atoms with Gasteiger partial charge in [-0.2, -0.15) is 0 Å². The number of ether oxygens (including phenoxy) is 2. The number of hydrogen-bond donors (Lipinski definition) is 0. The Balaban J connectivity index is 1.59. The Morgan fingerprint density at radius 1 is 0.824 bits per heavy atom. The first kappa shape index (κ1) is 27.9. The van der Waals surface area contributed by atoms with Crippen LogP contribution in [0.5, 0.6) is 5.75 Å². The highest BCUT2D eigenvalue weighted by molar-refractivity contribution is 5.69. The molecule has 0 saturated heterocycles. The summed E-state index contributed by atoms with van der Waals surface area (Å²) in [6, 6.07) is 18.7. The largest absolute Gasteiger partial charge is 0.455 e. The number of rotatable bonds is 17. The molecular weight excluding hydrogens is 422 g/mol. The van der Waals surface area contributed by atoms with Gasteiger partial charge in [-0.3, -0.25) is 4.79 Å². The van der Waals surface area contributed by atoms with Gasteiger partial charge in [0.1, 0.15) is 12.3 Å². The molecule has 0 amide bonds. The van der Waals surface area contributed by atoms with Crippen LogP contribution >= 0.6 is 0 Å². The fraction of sp³-hybridized carbons (Fsp3) is 0.567. The summed E-state index contributed by atoms with van der Waals surface area (Å²) in [7, 11) is 4.47. The van der Waals surface area contributed by atoms with E-state index in [0.717, 1.165) is 42.6 Å². The lowest BCUT2D eigenvalue weighted by atomic mass is 10.0. The number of aryl methyl sites for hydroxylation is 1. The zero-order valence-corrected chi connectivity index (χ0v) is 21.9. The number of carbonyl (C=O) groups is 1. The second kappa shape index (κ2) is 15.5. The fourth-order valence-electron chi connectivity index (χ4n) is 4.27. The molecule has 4 nitrogen and oxygen atoms in total. The van der Waals surface area contributed by atoms with Gasteiger partial charge in [-0.25, -0.2) is 0 Å². The van der Waals surface area contributed by atoms with Gasteiger partial charge in [-0.1, -0.05) is 81.5 Å². The molecule has 0 heterocycles. The summed E-state index contributed by atoms with van der Waals surface area (Å²) >= 11 is 0. The zero-order valence-electron chi connectivity index (χ0n) is 21.9. The molecule has 2 aromatic rings. The summed E-state index contributed by atoms with van der Waals surface area (Å²) in [5, 5.41) is 0. The maximum atomic E-state index is 12.2. The molecule has 2 aromatic carbocycles. The second-order valence-corrected chi connectivity index (χ2v) is 10.1. The molecule has 4 heteroatoms. The monoisotopic (exact) mass is 468 g/mol. The van der Waals surface area contributed by atoms with E-state index < -0.39 is 6.29 Å². The van der Waals surface area contributed by atoms with Gasteiger partial charge in [-0.15, -0.1) is 0 Å². The van der Waals surface area contributed by atoms with E-state index in [0.29, 0.717) is 6.42 Å². The lowest BCUT2D eigenvalue weighted by Gasteiger charge is -2.30. The van der Waals surface area contributed by atoms with Crippen LogP contribution in [0, 0.1) is 0 Å². The predicted octanol–water partition coefficient (Wildman–Crippen LogP) is 7.30. The summed E-state index contributed by atoms with van der Waals surface area (Å²) in [4.78, 5) is 12.2. The summed E-state index contributed by atoms with van der Waals surface area (Å²) in [6.45, 7) is 6.05. The molecule has 0 aliphatic rings. The number of quaternary nitrogens is 1. The summed E-state index contributed by atoms with van der Waals surface area (Å²) in [5.74, 6) is 0.549. The Labute approximate surface area is 207 Å². The SMILES string of the molecule is CCCCCCCCc1ccc(OC(C)OC(=O)CCCC[N+](C)(C)Cc2ccccc2)cc1. The molecular formula is C30H46NO3+. The first-order chi connectivity index (χ1) is 16.4. The first-order valence-corrected chi connectivity index (χ1v) is 13.2. The average Bonchev–Trinajstić information content (AvgIpc) is 2.80. The molecule has 2 rings (SSSR count). The van der Waals surface area contributed by atoms with Crippen molar-refractivity contribution in [1.82, 2.24) is 0 Å². The molecule has 1 atom stereocenters. The van der Waals surface area contributed by atoms with Crippen LogP contribution in [0.3, 0.4) is 0 Å². The van der Waals surface area contributed by atoms with Crippen molar-refractivity contribution in [3.63, 3.8) is 0 Å². The number of esters is 1. The highest BCUT2D eigenvalue weighted by Crippen LogP contribution is 2.17. The van der Waals surface area contributed by atoms with Crippen LogP contribution in [0.15, 0.2) is 54.6 Å². The van der Waals surface area contributed by atoms with Gasteiger partial charge < -0.3 is 14.0 Å². The Morgan fingerprint density at radius 2 is 1.50 bits per heavy atom. The van der Waals surface area contributed by atoms with Crippen molar-refractivity contribution < 1.29 is 18.8 Å². The van der Waals surface area contributed by atoms with E-state index in [2.05, 4.69) is 57.4 Å². The van der Waals surface area contributed by atoms with Crippen LogP contribution < -0.4 is 4.74 Å². The minimum atomic E-state index is -0.581. The van der Waals surface area contributed by atoms with Crippen LogP contribution in [0.4, 0.5) is 0 Å². The molecule has 0 aliphatic heterocycles. The molecule has 1 unspecified atom stereocenters. The fourth-order valence-corrected chi connectivity index (χ4v) is 4.27. The standard InChI is InChI=1S/C30H46NO3/c1-5-6-7-8-9-11-16-27-20-22-29(23-21-27)33-26(2)34-30(32)19-14-15-24-31(3,4)25-28-17-12-10-13-18-28/h10,12-13,17-18,20-23,26H,5-9,11,14-16,19,24-25H2,1-4H3/q+1. The topological polar surface area (TPSA) is 35.5 Å². The number of carbonyl (C=O) groups excluding carboxylic acids is 1. The van der Waals surface area contributed by atoms with Crippen molar-refractivity contribution in [1.29, 1.82) is 0 Å². The van der Waals surface area contributed by atoms with Gasteiger partial charge in [-0.05, 0) is 43.4 Å². The van der Waals surface area contributed by atoms with Gasteiger partial charge in [0.25, 0.3) is 0 Å². The van der Waals surface area contributed by atoms with E-state index in [-0.39, 0.29) is 5.97 Å². The van der Waals surface area contributed by atoms with Gasteiger partial charge in [0.2, 0.25) is 6.29 Å². The minimum Gasteiger partial charge on any atom is -0.455 e. The van der Waals surface area contributed by atoms with Gasteiger partial charge >= 0.3 is 5.97 Å². The lowest BCUT2D eigenvalue weighted by molar-refractivity contribution is -0.903. The highest BCUT2D eigenvalue weighted by Gasteiger charge is 2.16. The molecule has 0 bridgehead atoms. The molecule has 0 radical (unpaired) electrons. The normalized spacial score (nSPS) is 12.4. The third kappa shape index (κ3) is 12.2. The summed E-state index contributed by atoms with van der Waals surface area (Å²) in [5.41, 5.74) is 2.68. The number of benzene rings is 2.